The van der Waals surface area contributed by atoms with Crippen molar-refractivity contribution < 1.29 is 4.74 Å². The van der Waals surface area contributed by atoms with Crippen LogP contribution in [0.25, 0.3) is 0 Å². The highest BCUT2D eigenvalue weighted by Gasteiger charge is 2.08. The normalized spacial score (nSPS) is 10.5. The second-order valence-electron chi connectivity index (χ2n) is 4.15. The van der Waals surface area contributed by atoms with E-state index >= 15 is 0 Å². The van der Waals surface area contributed by atoms with E-state index in [1.54, 1.807) is 13.4 Å². The Hall–Kier alpha value is -1.75. The highest BCUT2D eigenvalue weighted by Crippen LogP contribution is 2.31. The second-order valence-corrected chi connectivity index (χ2v) is 4.55. The molecule has 102 valence electrons. The molecule has 0 aliphatic rings. The fourth-order valence-corrected chi connectivity index (χ4v) is 1.99. The molecule has 0 aliphatic heterocycles. The molecule has 0 saturated heterocycles. The predicted molar refractivity (Wildman–Crippen MR) is 75.8 cm³/mol. The van der Waals surface area contributed by atoms with Crippen molar-refractivity contribution in [3.8, 4) is 5.75 Å². The first-order chi connectivity index (χ1) is 9.15. The lowest BCUT2D eigenvalue weighted by Crippen LogP contribution is -2.09. The van der Waals surface area contributed by atoms with E-state index in [2.05, 4.69) is 15.4 Å². The maximum atomic E-state index is 6.08. The fraction of sp³-hybridized carbons (Fsp3) is 0.385. The number of ether oxygens (including phenoxy) is 1. The van der Waals surface area contributed by atoms with Crippen molar-refractivity contribution in [3.05, 3.63) is 34.9 Å². The first-order valence-corrected chi connectivity index (χ1v) is 6.48. The summed E-state index contributed by atoms with van der Waals surface area (Å²) in [5.41, 5.74) is 1.90. The van der Waals surface area contributed by atoms with Crippen LogP contribution in [0, 0.1) is 6.92 Å². The first-order valence-electron chi connectivity index (χ1n) is 6.10. The predicted octanol–water partition coefficient (Wildman–Crippen LogP) is 2.88. The molecule has 1 aromatic heterocycles. The van der Waals surface area contributed by atoms with Gasteiger partial charge in [0.05, 0.1) is 19.3 Å². The van der Waals surface area contributed by atoms with Gasteiger partial charge in [-0.25, -0.2) is 9.67 Å². The van der Waals surface area contributed by atoms with Gasteiger partial charge in [0, 0.05) is 17.6 Å². The van der Waals surface area contributed by atoms with Crippen LogP contribution in [0.4, 0.5) is 5.69 Å². The third-order valence-electron chi connectivity index (χ3n) is 2.91. The van der Waals surface area contributed by atoms with Crippen molar-refractivity contribution >= 4 is 17.3 Å². The molecule has 0 saturated carbocycles. The Morgan fingerprint density at radius 2 is 2.21 bits per heavy atom. The van der Waals surface area contributed by atoms with Crippen LogP contribution in [0.15, 0.2) is 18.5 Å². The van der Waals surface area contributed by atoms with Gasteiger partial charge in [0.2, 0.25) is 0 Å². The fourth-order valence-electron chi connectivity index (χ4n) is 1.83. The summed E-state index contributed by atoms with van der Waals surface area (Å²) >= 11 is 6.08. The Kier molecular flexibility index (Phi) is 4.27. The Labute approximate surface area is 117 Å². The summed E-state index contributed by atoms with van der Waals surface area (Å²) in [5.74, 6) is 1.61. The summed E-state index contributed by atoms with van der Waals surface area (Å²) in [7, 11) is 1.63. The quantitative estimate of drug-likeness (QED) is 0.915. The molecule has 2 rings (SSSR count). The molecule has 0 bridgehead atoms. The van der Waals surface area contributed by atoms with E-state index in [0.29, 0.717) is 11.6 Å². The zero-order chi connectivity index (χ0) is 13.8. The van der Waals surface area contributed by atoms with Crippen LogP contribution < -0.4 is 10.1 Å². The molecule has 0 aliphatic carbocycles. The maximum Gasteiger partial charge on any atom is 0.146 e. The Morgan fingerprint density at radius 3 is 2.89 bits per heavy atom. The van der Waals surface area contributed by atoms with Crippen molar-refractivity contribution in [2.24, 2.45) is 0 Å². The lowest BCUT2D eigenvalue weighted by atomic mass is 10.2. The number of nitrogens with zero attached hydrogens (tertiary/aromatic N) is 3. The van der Waals surface area contributed by atoms with Crippen LogP contribution in [0.2, 0.25) is 5.02 Å². The van der Waals surface area contributed by atoms with Crippen molar-refractivity contribution in [3.63, 3.8) is 0 Å². The summed E-state index contributed by atoms with van der Waals surface area (Å²) in [6.07, 6.45) is 1.56. The number of benzene rings is 1. The zero-order valence-electron chi connectivity index (χ0n) is 11.3. The van der Waals surface area contributed by atoms with Crippen LogP contribution in [0.1, 0.15) is 18.3 Å². The molecule has 2 aromatic rings. The molecule has 5 nitrogen and oxygen atoms in total. The zero-order valence-corrected chi connectivity index (χ0v) is 12.0. The average molecular weight is 281 g/mol. The molecular weight excluding hydrogens is 264 g/mol. The van der Waals surface area contributed by atoms with Gasteiger partial charge in [-0.1, -0.05) is 11.6 Å². The third-order valence-corrected chi connectivity index (χ3v) is 3.32. The summed E-state index contributed by atoms with van der Waals surface area (Å²) in [6.45, 7) is 5.38. The van der Waals surface area contributed by atoms with Crippen molar-refractivity contribution in [1.29, 1.82) is 0 Å². The highest BCUT2D eigenvalue weighted by atomic mass is 35.5. The summed E-state index contributed by atoms with van der Waals surface area (Å²) in [4.78, 5) is 4.22. The van der Waals surface area contributed by atoms with Gasteiger partial charge in [0.25, 0.3) is 0 Å². The van der Waals surface area contributed by atoms with Gasteiger partial charge in [-0.2, -0.15) is 5.10 Å². The lowest BCUT2D eigenvalue weighted by molar-refractivity contribution is 0.416. The van der Waals surface area contributed by atoms with Crippen LogP contribution in [-0.2, 0) is 13.1 Å². The van der Waals surface area contributed by atoms with Gasteiger partial charge >= 0.3 is 0 Å². The van der Waals surface area contributed by atoms with Gasteiger partial charge in [-0.05, 0) is 25.5 Å². The van der Waals surface area contributed by atoms with Crippen molar-refractivity contribution in [2.75, 3.05) is 12.4 Å². The van der Waals surface area contributed by atoms with E-state index in [1.807, 2.05) is 30.7 Å². The molecule has 1 heterocycles. The van der Waals surface area contributed by atoms with Crippen molar-refractivity contribution in [2.45, 2.75) is 26.9 Å². The monoisotopic (exact) mass is 280 g/mol. The van der Waals surface area contributed by atoms with E-state index < -0.39 is 0 Å². The molecule has 0 radical (unpaired) electrons. The second kappa shape index (κ2) is 5.93. The SMILES string of the molecule is CCn1ncnc1CNc1cc(C)c(Cl)cc1OC. The van der Waals surface area contributed by atoms with E-state index in [4.69, 9.17) is 16.3 Å². The molecule has 0 fully saturated rings. The molecule has 1 N–H and O–H groups in total. The van der Waals surface area contributed by atoms with E-state index in [9.17, 15) is 0 Å². The molecule has 1 aromatic carbocycles. The molecule has 6 heteroatoms. The van der Waals surface area contributed by atoms with Gasteiger partial charge in [0.1, 0.15) is 17.9 Å². The minimum atomic E-state index is 0.589. The largest absolute Gasteiger partial charge is 0.495 e. The number of methoxy groups -OCH3 is 1. The number of aromatic nitrogens is 3. The van der Waals surface area contributed by atoms with Gasteiger partial charge in [-0.3, -0.25) is 0 Å². The summed E-state index contributed by atoms with van der Waals surface area (Å²) < 4.78 is 7.17. The van der Waals surface area contributed by atoms with Crippen LogP contribution in [-0.4, -0.2) is 21.9 Å². The first kappa shape index (κ1) is 13.7. The van der Waals surface area contributed by atoms with Crippen LogP contribution in [0.3, 0.4) is 0 Å². The number of nitrogens with one attached hydrogen (secondary N) is 1. The van der Waals surface area contributed by atoms with Crippen molar-refractivity contribution in [1.82, 2.24) is 14.8 Å². The van der Waals surface area contributed by atoms with E-state index in [-0.39, 0.29) is 0 Å². The Balaban J connectivity index is 2.17. The minimum absolute atomic E-state index is 0.589. The molecule has 0 amide bonds. The van der Waals surface area contributed by atoms with Gasteiger partial charge < -0.3 is 10.1 Å². The molecule has 19 heavy (non-hydrogen) atoms. The van der Waals surface area contributed by atoms with E-state index in [1.165, 1.54) is 0 Å². The number of hydrogen-bond acceptors (Lipinski definition) is 4. The number of rotatable bonds is 5. The van der Waals surface area contributed by atoms with E-state index in [0.717, 1.165) is 29.4 Å². The summed E-state index contributed by atoms with van der Waals surface area (Å²) in [6, 6.07) is 3.78. The Morgan fingerprint density at radius 1 is 1.42 bits per heavy atom. The Bertz CT molecular complexity index is 568. The molecular formula is C13H17ClN4O. The van der Waals surface area contributed by atoms with Crippen LogP contribution in [0.5, 0.6) is 5.75 Å². The number of aryl methyl sites for hydroxylation is 2. The number of hydrogen-bond donors (Lipinski definition) is 1. The maximum absolute atomic E-state index is 6.08. The molecule has 0 atom stereocenters. The molecule has 0 spiro atoms. The van der Waals surface area contributed by atoms with Crippen LogP contribution >= 0.6 is 11.6 Å². The average Bonchev–Trinajstić information content (AvgIpc) is 2.87. The summed E-state index contributed by atoms with van der Waals surface area (Å²) in [5, 5.41) is 8.13. The topological polar surface area (TPSA) is 52.0 Å². The highest BCUT2D eigenvalue weighted by molar-refractivity contribution is 6.31. The minimum Gasteiger partial charge on any atom is -0.495 e. The molecule has 0 unspecified atom stereocenters. The number of anilines is 1. The lowest BCUT2D eigenvalue weighted by Gasteiger charge is -2.13. The standard InChI is InChI=1S/C13H17ClN4O/c1-4-18-13(16-8-17-18)7-15-11-5-9(2)10(14)6-12(11)19-3/h5-6,8,15H,4,7H2,1-3H3. The third kappa shape index (κ3) is 2.98. The van der Waals surface area contributed by atoms with Gasteiger partial charge in [-0.15, -0.1) is 0 Å². The number of halogens is 1. The van der Waals surface area contributed by atoms with Gasteiger partial charge in [0.15, 0.2) is 0 Å². The smallest absolute Gasteiger partial charge is 0.146 e.